The molecule has 28 heavy (non-hydrogen) atoms. The van der Waals surface area contributed by atoms with Crippen LogP contribution in [0.4, 0.5) is 5.69 Å². The summed E-state index contributed by atoms with van der Waals surface area (Å²) in [5, 5.41) is 0.672. The van der Waals surface area contributed by atoms with Crippen molar-refractivity contribution in [2.45, 2.75) is 0 Å². The van der Waals surface area contributed by atoms with E-state index in [0.717, 1.165) is 11.2 Å². The van der Waals surface area contributed by atoms with Crippen LogP contribution in [-0.2, 0) is 4.79 Å². The number of hydrogen-bond donors (Lipinski definition) is 1. The topological polar surface area (TPSA) is 74.9 Å². The number of H-pyrrole nitrogens is 1. The second kappa shape index (κ2) is 6.60. The highest BCUT2D eigenvalue weighted by atomic mass is 16.7. The minimum Gasteiger partial charge on any atom is -0.454 e. The van der Waals surface area contributed by atoms with Gasteiger partial charge in [0, 0.05) is 49.5 Å². The number of piperazine rings is 1. The number of rotatable bonds is 3. The van der Waals surface area contributed by atoms with Crippen molar-refractivity contribution in [3.63, 3.8) is 0 Å². The largest absolute Gasteiger partial charge is 0.454 e. The summed E-state index contributed by atoms with van der Waals surface area (Å²) in [4.78, 5) is 32.6. The van der Waals surface area contributed by atoms with E-state index in [1.165, 1.54) is 0 Å². The second-order valence-electron chi connectivity index (χ2n) is 6.90. The zero-order chi connectivity index (χ0) is 19.1. The molecule has 142 valence electrons. The maximum Gasteiger partial charge on any atom is 0.295 e. The molecule has 0 saturated carbocycles. The Bertz CT molecular complexity index is 1050. The molecule has 3 heterocycles. The van der Waals surface area contributed by atoms with Gasteiger partial charge >= 0.3 is 0 Å². The molecule has 1 aromatic heterocycles. The monoisotopic (exact) mass is 377 g/mol. The van der Waals surface area contributed by atoms with E-state index >= 15 is 0 Å². The molecule has 1 amide bonds. The average molecular weight is 377 g/mol. The predicted molar refractivity (Wildman–Crippen MR) is 104 cm³/mol. The van der Waals surface area contributed by atoms with Gasteiger partial charge in [0.25, 0.3) is 11.7 Å². The van der Waals surface area contributed by atoms with Crippen molar-refractivity contribution >= 4 is 28.3 Å². The fraction of sp³-hybridized carbons (Fsp3) is 0.238. The number of hydrogen-bond acceptors (Lipinski definition) is 5. The first-order valence-electron chi connectivity index (χ1n) is 9.25. The summed E-state index contributed by atoms with van der Waals surface area (Å²) in [7, 11) is 0. The molecule has 2 aliphatic rings. The molecule has 7 heteroatoms. The zero-order valence-electron chi connectivity index (χ0n) is 15.2. The van der Waals surface area contributed by atoms with Gasteiger partial charge in [-0.3, -0.25) is 9.59 Å². The first kappa shape index (κ1) is 16.7. The van der Waals surface area contributed by atoms with Crippen molar-refractivity contribution in [2.75, 3.05) is 37.9 Å². The SMILES string of the molecule is O=C(C(=O)N1CCN(c2ccccc2)CC1)c1c[nH]c2cc3c(cc12)OCO3. The zero-order valence-corrected chi connectivity index (χ0v) is 15.2. The van der Waals surface area contributed by atoms with Gasteiger partial charge in [-0.25, -0.2) is 0 Å². The van der Waals surface area contributed by atoms with Gasteiger partial charge in [-0.1, -0.05) is 18.2 Å². The standard InChI is InChI=1S/C21H19N3O4/c25-20(16-12-22-17-11-19-18(10-15(16)17)27-13-28-19)21(26)24-8-6-23(7-9-24)14-4-2-1-3-5-14/h1-5,10-12,22H,6-9,13H2. The van der Waals surface area contributed by atoms with Gasteiger partial charge in [0.05, 0.1) is 11.1 Å². The third-order valence-corrected chi connectivity index (χ3v) is 5.30. The number of aromatic amines is 1. The smallest absolute Gasteiger partial charge is 0.295 e. The Balaban J connectivity index is 1.32. The first-order chi connectivity index (χ1) is 13.7. The van der Waals surface area contributed by atoms with E-state index in [1.807, 2.05) is 18.2 Å². The van der Waals surface area contributed by atoms with Crippen LogP contribution in [0.5, 0.6) is 11.5 Å². The lowest BCUT2D eigenvalue weighted by molar-refractivity contribution is -0.126. The van der Waals surface area contributed by atoms with Gasteiger partial charge in [-0.05, 0) is 18.2 Å². The van der Waals surface area contributed by atoms with Crippen LogP contribution in [0.3, 0.4) is 0 Å². The number of aromatic nitrogens is 1. The molecule has 7 nitrogen and oxygen atoms in total. The van der Waals surface area contributed by atoms with Crippen LogP contribution in [0.15, 0.2) is 48.7 Å². The maximum atomic E-state index is 12.9. The van der Waals surface area contributed by atoms with Crippen molar-refractivity contribution < 1.29 is 19.1 Å². The van der Waals surface area contributed by atoms with Gasteiger partial charge in [0.1, 0.15) is 0 Å². The van der Waals surface area contributed by atoms with Crippen LogP contribution in [0.1, 0.15) is 10.4 Å². The molecule has 0 spiro atoms. The Kier molecular flexibility index (Phi) is 3.93. The number of Topliss-reactive ketones (excluding diaryl/α,β-unsaturated/α-hetero) is 1. The number of carbonyl (C=O) groups is 2. The third-order valence-electron chi connectivity index (χ3n) is 5.30. The number of para-hydroxylation sites is 1. The summed E-state index contributed by atoms with van der Waals surface area (Å²) >= 11 is 0. The number of carbonyl (C=O) groups excluding carboxylic acids is 2. The number of ketones is 1. The van der Waals surface area contributed by atoms with Crippen LogP contribution >= 0.6 is 0 Å². The molecule has 5 rings (SSSR count). The number of ether oxygens (including phenoxy) is 2. The van der Waals surface area contributed by atoms with Crippen molar-refractivity contribution in [2.24, 2.45) is 0 Å². The van der Waals surface area contributed by atoms with Crippen molar-refractivity contribution in [3.8, 4) is 11.5 Å². The molecular weight excluding hydrogens is 358 g/mol. The predicted octanol–water partition coefficient (Wildman–Crippen LogP) is 2.43. The lowest BCUT2D eigenvalue weighted by Crippen LogP contribution is -2.50. The van der Waals surface area contributed by atoms with E-state index in [2.05, 4.69) is 22.0 Å². The Labute approximate surface area is 161 Å². The summed E-state index contributed by atoms with van der Waals surface area (Å²) in [6, 6.07) is 13.6. The lowest BCUT2D eigenvalue weighted by atomic mass is 10.1. The Morgan fingerprint density at radius 2 is 1.64 bits per heavy atom. The van der Waals surface area contributed by atoms with E-state index in [-0.39, 0.29) is 6.79 Å². The van der Waals surface area contributed by atoms with E-state index in [1.54, 1.807) is 23.2 Å². The number of benzene rings is 2. The maximum absolute atomic E-state index is 12.9. The van der Waals surface area contributed by atoms with E-state index in [4.69, 9.17) is 9.47 Å². The van der Waals surface area contributed by atoms with Gasteiger partial charge in [0.2, 0.25) is 6.79 Å². The Morgan fingerprint density at radius 1 is 0.929 bits per heavy atom. The van der Waals surface area contributed by atoms with Crippen LogP contribution in [-0.4, -0.2) is 54.5 Å². The van der Waals surface area contributed by atoms with Crippen molar-refractivity contribution in [3.05, 3.63) is 54.2 Å². The van der Waals surface area contributed by atoms with Crippen molar-refractivity contribution in [1.82, 2.24) is 9.88 Å². The minimum atomic E-state index is -0.502. The average Bonchev–Trinajstić information content (AvgIpc) is 3.38. The second-order valence-corrected chi connectivity index (χ2v) is 6.90. The van der Waals surface area contributed by atoms with Crippen molar-refractivity contribution in [1.29, 1.82) is 0 Å². The number of fused-ring (bicyclic) bond motifs is 2. The fourth-order valence-corrected chi connectivity index (χ4v) is 3.77. The van der Waals surface area contributed by atoms with Gasteiger partial charge in [0.15, 0.2) is 11.5 Å². The van der Waals surface area contributed by atoms with Gasteiger partial charge in [-0.2, -0.15) is 0 Å². The van der Waals surface area contributed by atoms with Crippen LogP contribution in [0.25, 0.3) is 10.9 Å². The molecule has 0 aliphatic carbocycles. The molecule has 1 N–H and O–H groups in total. The fourth-order valence-electron chi connectivity index (χ4n) is 3.77. The summed E-state index contributed by atoms with van der Waals surface area (Å²) in [6.07, 6.45) is 1.58. The molecule has 2 aliphatic heterocycles. The lowest BCUT2D eigenvalue weighted by Gasteiger charge is -2.35. The van der Waals surface area contributed by atoms with Crippen LogP contribution < -0.4 is 14.4 Å². The van der Waals surface area contributed by atoms with Crippen LogP contribution in [0.2, 0.25) is 0 Å². The summed E-state index contributed by atoms with van der Waals surface area (Å²) < 4.78 is 10.8. The molecular formula is C21H19N3O4. The van der Waals surface area contributed by atoms with E-state index in [9.17, 15) is 9.59 Å². The number of nitrogens with one attached hydrogen (secondary N) is 1. The number of anilines is 1. The molecule has 0 radical (unpaired) electrons. The van der Waals surface area contributed by atoms with Gasteiger partial charge in [-0.15, -0.1) is 0 Å². The minimum absolute atomic E-state index is 0.163. The number of amides is 1. The van der Waals surface area contributed by atoms with Gasteiger partial charge < -0.3 is 24.3 Å². The third kappa shape index (κ3) is 2.76. The highest BCUT2D eigenvalue weighted by Gasteiger charge is 2.29. The highest BCUT2D eigenvalue weighted by Crippen LogP contribution is 2.37. The molecule has 1 fully saturated rings. The Morgan fingerprint density at radius 3 is 2.39 bits per heavy atom. The number of nitrogens with zero attached hydrogens (tertiary/aromatic N) is 2. The molecule has 0 atom stereocenters. The Hall–Kier alpha value is -3.48. The first-order valence-corrected chi connectivity index (χ1v) is 9.25. The molecule has 0 bridgehead atoms. The summed E-state index contributed by atoms with van der Waals surface area (Å²) in [5.41, 5.74) is 2.24. The molecule has 2 aromatic carbocycles. The van der Waals surface area contributed by atoms with E-state index in [0.29, 0.717) is 48.6 Å². The summed E-state index contributed by atoms with van der Waals surface area (Å²) in [6.45, 7) is 2.61. The molecule has 3 aromatic rings. The van der Waals surface area contributed by atoms with Crippen LogP contribution in [0, 0.1) is 0 Å². The molecule has 1 saturated heterocycles. The quantitative estimate of drug-likeness (QED) is 0.561. The van der Waals surface area contributed by atoms with E-state index < -0.39 is 11.7 Å². The normalized spacial score (nSPS) is 15.9. The highest BCUT2D eigenvalue weighted by molar-refractivity contribution is 6.44. The molecule has 0 unspecified atom stereocenters. The summed E-state index contributed by atoms with van der Waals surface area (Å²) in [5.74, 6) is 0.256.